The predicted octanol–water partition coefficient (Wildman–Crippen LogP) is 6.92. The molecule has 0 aromatic heterocycles. The zero-order chi connectivity index (χ0) is 38.0. The fourth-order valence-corrected chi connectivity index (χ4v) is 7.02. The van der Waals surface area contributed by atoms with E-state index in [-0.39, 0.29) is 31.4 Å². The fourth-order valence-electron chi connectivity index (χ4n) is 7.02. The van der Waals surface area contributed by atoms with Crippen molar-refractivity contribution in [3.05, 3.63) is 95.1 Å². The summed E-state index contributed by atoms with van der Waals surface area (Å²) in [7, 11) is 2.91. The molecule has 1 aliphatic carbocycles. The Kier molecular flexibility index (Phi) is 11.4. The molecule has 9 nitrogen and oxygen atoms in total. The number of likely N-dealkylation sites (N-methyl/N-ethyl adjacent to an activating group) is 2. The number of carbonyl (C=O) groups excluding carboxylic acids is 4. The number of nitrogens with zero attached hydrogens (tertiary/aromatic N) is 3. The van der Waals surface area contributed by atoms with Crippen molar-refractivity contribution in [2.75, 3.05) is 33.8 Å². The number of hydrogen-bond acceptors (Lipinski definition) is 6. The molecule has 0 saturated carbocycles. The van der Waals surface area contributed by atoms with Crippen molar-refractivity contribution < 1.29 is 41.8 Å². The molecule has 3 atom stereocenters. The molecular formula is C40H46F3N3O6. The lowest BCUT2D eigenvalue weighted by Crippen LogP contribution is -2.57. The summed E-state index contributed by atoms with van der Waals surface area (Å²) >= 11 is 0. The fraction of sp³-hybridized carbons (Fsp3) is 0.450. The van der Waals surface area contributed by atoms with Crippen molar-refractivity contribution in [2.45, 2.75) is 76.7 Å². The van der Waals surface area contributed by atoms with Crippen LogP contribution in [0, 0.1) is 5.92 Å². The van der Waals surface area contributed by atoms with Gasteiger partial charge in [-0.25, -0.2) is 4.79 Å². The number of likely N-dealkylation sites (tertiary alicyclic amines) is 1. The molecule has 0 bridgehead atoms. The van der Waals surface area contributed by atoms with Crippen LogP contribution in [0.2, 0.25) is 0 Å². The Bertz CT molecular complexity index is 1740. The van der Waals surface area contributed by atoms with Gasteiger partial charge in [0.2, 0.25) is 11.8 Å². The van der Waals surface area contributed by atoms with E-state index in [0.29, 0.717) is 18.4 Å². The number of fused-ring (bicyclic) bond motifs is 3. The van der Waals surface area contributed by atoms with Gasteiger partial charge < -0.3 is 19.3 Å². The van der Waals surface area contributed by atoms with Crippen LogP contribution in [-0.4, -0.2) is 90.1 Å². The first-order chi connectivity index (χ1) is 24.4. The molecule has 0 radical (unpaired) electrons. The van der Waals surface area contributed by atoms with Crippen LogP contribution in [0.25, 0.3) is 11.1 Å². The third-order valence-corrected chi connectivity index (χ3v) is 9.64. The highest BCUT2D eigenvalue weighted by atomic mass is 19.4. The van der Waals surface area contributed by atoms with Gasteiger partial charge in [0.1, 0.15) is 30.8 Å². The quantitative estimate of drug-likeness (QED) is 0.223. The first kappa shape index (κ1) is 38.4. The topological polar surface area (TPSA) is 96.5 Å². The first-order valence-electron chi connectivity index (χ1n) is 17.5. The third-order valence-electron chi connectivity index (χ3n) is 9.64. The molecule has 2 aliphatic rings. The van der Waals surface area contributed by atoms with E-state index in [0.717, 1.165) is 39.3 Å². The van der Waals surface area contributed by atoms with Gasteiger partial charge in [-0.2, -0.15) is 13.2 Å². The molecule has 1 fully saturated rings. The number of amides is 3. The van der Waals surface area contributed by atoms with E-state index in [2.05, 4.69) is 0 Å². The zero-order valence-corrected chi connectivity index (χ0v) is 30.4. The molecule has 3 amide bonds. The highest BCUT2D eigenvalue weighted by molar-refractivity contribution is 5.93. The Morgan fingerprint density at radius 2 is 1.46 bits per heavy atom. The standard InChI is InChI=1S/C40H46F3N3O6/c1-25-15-20-33(45(6)38(50)51-24-32-30-13-9-7-11-28(30)29-12-8-10-14-31(29)32)37(49)46(22-25)34(21-26-16-18-27(19-17-26)40(41,42)43)36(48)44(5)23-35(47)52-39(2,3)4/h7-14,16-19,25,32-34H,15,20-24H2,1-6H3/t25-,33+,34+/m1/s1. The lowest BCUT2D eigenvalue weighted by atomic mass is 9.98. The van der Waals surface area contributed by atoms with E-state index in [1.165, 1.54) is 36.0 Å². The Hall–Kier alpha value is -4.87. The monoisotopic (exact) mass is 721 g/mol. The summed E-state index contributed by atoms with van der Waals surface area (Å²) in [5.74, 6) is -1.99. The van der Waals surface area contributed by atoms with E-state index >= 15 is 0 Å². The predicted molar refractivity (Wildman–Crippen MR) is 189 cm³/mol. The highest BCUT2D eigenvalue weighted by Crippen LogP contribution is 2.44. The number of esters is 1. The average Bonchev–Trinajstić information content (AvgIpc) is 3.32. The molecule has 0 spiro atoms. The molecule has 3 aromatic carbocycles. The lowest BCUT2D eigenvalue weighted by Gasteiger charge is -2.36. The van der Waals surface area contributed by atoms with Gasteiger partial charge in [-0.1, -0.05) is 67.6 Å². The van der Waals surface area contributed by atoms with Crippen LogP contribution in [0.5, 0.6) is 0 Å². The number of rotatable bonds is 9. The summed E-state index contributed by atoms with van der Waals surface area (Å²) in [4.78, 5) is 58.7. The maximum atomic E-state index is 14.4. The summed E-state index contributed by atoms with van der Waals surface area (Å²) in [6, 6.07) is 18.2. The van der Waals surface area contributed by atoms with Gasteiger partial charge in [-0.05, 0) is 79.5 Å². The van der Waals surface area contributed by atoms with Gasteiger partial charge >= 0.3 is 18.2 Å². The SMILES string of the molecule is C[C@@H]1CC[C@H](N(C)C(=O)OCC2c3ccccc3-c3ccccc32)C(=O)N([C@@H](Cc2ccc(C(F)(F)F)cc2)C(=O)N(C)CC(=O)OC(C)(C)C)C1. The average molecular weight is 722 g/mol. The first-order valence-corrected chi connectivity index (χ1v) is 17.5. The lowest BCUT2D eigenvalue weighted by molar-refractivity contribution is -0.159. The second kappa shape index (κ2) is 15.4. The number of hydrogen-bond donors (Lipinski definition) is 0. The van der Waals surface area contributed by atoms with Crippen LogP contribution in [0.15, 0.2) is 72.8 Å². The van der Waals surface area contributed by atoms with Crippen molar-refractivity contribution in [3.63, 3.8) is 0 Å². The number of carbonyl (C=O) groups is 4. The normalized spacial score (nSPS) is 18.2. The van der Waals surface area contributed by atoms with Gasteiger partial charge in [0, 0.05) is 33.0 Å². The van der Waals surface area contributed by atoms with E-state index in [9.17, 15) is 32.3 Å². The van der Waals surface area contributed by atoms with Crippen LogP contribution in [-0.2, 0) is 36.5 Å². The molecule has 5 rings (SSSR count). The van der Waals surface area contributed by atoms with Crippen LogP contribution in [0.1, 0.15) is 68.7 Å². The summed E-state index contributed by atoms with van der Waals surface area (Å²) in [5.41, 5.74) is 3.00. The Labute approximate surface area is 302 Å². The zero-order valence-electron chi connectivity index (χ0n) is 30.4. The van der Waals surface area contributed by atoms with E-state index < -0.39 is 59.8 Å². The molecule has 1 heterocycles. The van der Waals surface area contributed by atoms with E-state index in [4.69, 9.17) is 9.47 Å². The number of halogens is 3. The molecule has 3 aromatic rings. The molecule has 0 unspecified atom stereocenters. The van der Waals surface area contributed by atoms with Crippen molar-refractivity contribution in [1.82, 2.24) is 14.7 Å². The van der Waals surface area contributed by atoms with E-state index in [1.54, 1.807) is 20.8 Å². The maximum absolute atomic E-state index is 14.4. The third kappa shape index (κ3) is 8.77. The van der Waals surface area contributed by atoms with Gasteiger partial charge in [-0.15, -0.1) is 0 Å². The smallest absolute Gasteiger partial charge is 0.416 e. The van der Waals surface area contributed by atoms with Crippen molar-refractivity contribution in [1.29, 1.82) is 0 Å². The second-order valence-corrected chi connectivity index (χ2v) is 14.8. The van der Waals surface area contributed by atoms with Crippen LogP contribution in [0.4, 0.5) is 18.0 Å². The largest absolute Gasteiger partial charge is 0.459 e. The molecule has 12 heteroatoms. The second-order valence-electron chi connectivity index (χ2n) is 14.8. The molecule has 278 valence electrons. The van der Waals surface area contributed by atoms with E-state index in [1.807, 2.05) is 55.5 Å². The minimum absolute atomic E-state index is 0.0583. The molecule has 52 heavy (non-hydrogen) atoms. The summed E-state index contributed by atoms with van der Waals surface area (Å²) in [6.45, 7) is 6.84. The molecular weight excluding hydrogens is 675 g/mol. The van der Waals surface area contributed by atoms with Gasteiger partial charge in [0.15, 0.2) is 0 Å². The summed E-state index contributed by atoms with van der Waals surface area (Å²) in [5, 5.41) is 0. The maximum Gasteiger partial charge on any atom is 0.416 e. The Morgan fingerprint density at radius 1 is 0.885 bits per heavy atom. The van der Waals surface area contributed by atoms with Gasteiger partial charge in [0.25, 0.3) is 0 Å². The summed E-state index contributed by atoms with van der Waals surface area (Å²) in [6.07, 6.45) is -4.48. The van der Waals surface area contributed by atoms with Crippen molar-refractivity contribution in [2.24, 2.45) is 5.92 Å². The minimum Gasteiger partial charge on any atom is -0.459 e. The summed E-state index contributed by atoms with van der Waals surface area (Å²) < 4.78 is 51.3. The number of alkyl halides is 3. The van der Waals surface area contributed by atoms with Crippen LogP contribution in [0.3, 0.4) is 0 Å². The molecule has 0 N–H and O–H groups in total. The molecule has 1 saturated heterocycles. The van der Waals surface area contributed by atoms with Crippen molar-refractivity contribution in [3.8, 4) is 11.1 Å². The molecule has 1 aliphatic heterocycles. The van der Waals surface area contributed by atoms with Gasteiger partial charge in [0.05, 0.1) is 5.56 Å². The highest BCUT2D eigenvalue weighted by Gasteiger charge is 2.42. The number of benzene rings is 3. The van der Waals surface area contributed by atoms with Gasteiger partial charge in [-0.3, -0.25) is 19.3 Å². The Balaban J connectivity index is 1.38. The number of ether oxygens (including phenoxy) is 2. The van der Waals surface area contributed by atoms with Crippen LogP contribution >= 0.6 is 0 Å². The minimum atomic E-state index is -4.55. The Morgan fingerprint density at radius 3 is 2.02 bits per heavy atom. The van der Waals surface area contributed by atoms with Crippen molar-refractivity contribution >= 4 is 23.9 Å². The van der Waals surface area contributed by atoms with Crippen LogP contribution < -0.4 is 0 Å².